The Morgan fingerprint density at radius 2 is 1.94 bits per heavy atom. The Morgan fingerprint density at radius 1 is 1.28 bits per heavy atom. The first kappa shape index (κ1) is 12.6. The van der Waals surface area contributed by atoms with Crippen LogP contribution in [0, 0.1) is 0 Å². The first-order valence-corrected chi connectivity index (χ1v) is 6.02. The van der Waals surface area contributed by atoms with Gasteiger partial charge in [-0.1, -0.05) is 12.1 Å². The smallest absolute Gasteiger partial charge is 0.279 e. The number of rotatable bonds is 3. The van der Waals surface area contributed by atoms with Gasteiger partial charge in [0.1, 0.15) is 5.75 Å². The molecule has 2 aromatic rings. The second-order valence-corrected chi connectivity index (χ2v) is 4.56. The minimum absolute atomic E-state index is 0.250. The van der Waals surface area contributed by atoms with E-state index in [0.29, 0.717) is 6.54 Å². The zero-order valence-electron chi connectivity index (χ0n) is 9.64. The van der Waals surface area contributed by atoms with Gasteiger partial charge in [0.05, 0.1) is 18.1 Å². The molecule has 5 nitrogen and oxygen atoms in total. The molecule has 0 aliphatic carbocycles. The number of hydrogen-bond acceptors (Lipinski definition) is 3. The summed E-state index contributed by atoms with van der Waals surface area (Å²) in [6, 6.07) is 8.49. The Bertz CT molecular complexity index is 658. The number of aromatic nitrogens is 2. The van der Waals surface area contributed by atoms with Crippen molar-refractivity contribution in [3.8, 4) is 5.75 Å². The highest BCUT2D eigenvalue weighted by molar-refractivity contribution is 9.10. The summed E-state index contributed by atoms with van der Waals surface area (Å²) in [5, 5.41) is 2.48. The molecular weight excluding hydrogens is 300 g/mol. The van der Waals surface area contributed by atoms with Gasteiger partial charge in [-0.15, -0.1) is 0 Å². The van der Waals surface area contributed by atoms with Crippen LogP contribution in [0.1, 0.15) is 5.56 Å². The van der Waals surface area contributed by atoms with Crippen molar-refractivity contribution in [3.05, 3.63) is 61.1 Å². The predicted octanol–water partition coefficient (Wildman–Crippen LogP) is 1.36. The van der Waals surface area contributed by atoms with E-state index in [-0.39, 0.29) is 15.6 Å². The van der Waals surface area contributed by atoms with Crippen LogP contribution in [-0.4, -0.2) is 16.9 Å². The third kappa shape index (κ3) is 2.70. The van der Waals surface area contributed by atoms with E-state index in [1.165, 1.54) is 10.7 Å². The summed E-state index contributed by atoms with van der Waals surface area (Å²) < 4.78 is 6.56. The van der Waals surface area contributed by atoms with E-state index in [1.54, 1.807) is 19.2 Å². The maximum absolute atomic E-state index is 11.8. The SMILES string of the molecule is COc1ccc(Cn2[nH]c(=O)cc(Br)c2=O)cc1. The monoisotopic (exact) mass is 310 g/mol. The van der Waals surface area contributed by atoms with E-state index in [2.05, 4.69) is 21.0 Å². The topological polar surface area (TPSA) is 64.1 Å². The van der Waals surface area contributed by atoms with Crippen LogP contribution in [-0.2, 0) is 6.54 Å². The molecule has 0 amide bonds. The Balaban J connectivity index is 2.33. The Labute approximate surface area is 111 Å². The lowest BCUT2D eigenvalue weighted by atomic mass is 10.2. The van der Waals surface area contributed by atoms with Gasteiger partial charge in [0, 0.05) is 6.07 Å². The molecule has 1 N–H and O–H groups in total. The van der Waals surface area contributed by atoms with E-state index < -0.39 is 0 Å². The van der Waals surface area contributed by atoms with Crippen molar-refractivity contribution in [1.29, 1.82) is 0 Å². The molecule has 0 bridgehead atoms. The number of halogens is 1. The van der Waals surface area contributed by atoms with Gasteiger partial charge in [0.15, 0.2) is 0 Å². The normalized spacial score (nSPS) is 10.3. The van der Waals surface area contributed by atoms with Crippen LogP contribution in [0.2, 0.25) is 0 Å². The Hall–Kier alpha value is -1.82. The average molecular weight is 311 g/mol. The standard InChI is InChI=1S/C12H11BrN2O3/c1-18-9-4-2-8(3-5-9)7-15-12(17)10(13)6-11(16)14-15/h2-6H,7H2,1H3,(H,14,16). The summed E-state index contributed by atoms with van der Waals surface area (Å²) in [6.07, 6.45) is 0. The van der Waals surface area contributed by atoms with E-state index in [4.69, 9.17) is 4.74 Å². The fourth-order valence-electron chi connectivity index (χ4n) is 1.55. The first-order chi connectivity index (χ1) is 8.60. The molecule has 6 heteroatoms. The molecule has 94 valence electrons. The van der Waals surface area contributed by atoms with Crippen molar-refractivity contribution < 1.29 is 4.74 Å². The summed E-state index contributed by atoms with van der Waals surface area (Å²) in [6.45, 7) is 0.303. The molecule has 0 unspecified atom stereocenters. The molecule has 18 heavy (non-hydrogen) atoms. The molecule has 0 saturated carbocycles. The fourth-order valence-corrected chi connectivity index (χ4v) is 1.97. The molecule has 1 aromatic heterocycles. The van der Waals surface area contributed by atoms with E-state index in [0.717, 1.165) is 11.3 Å². The fraction of sp³-hybridized carbons (Fsp3) is 0.167. The maximum atomic E-state index is 11.8. The molecule has 2 rings (SSSR count). The van der Waals surface area contributed by atoms with Crippen LogP contribution >= 0.6 is 15.9 Å². The third-order valence-corrected chi connectivity index (χ3v) is 3.02. The van der Waals surface area contributed by atoms with Gasteiger partial charge >= 0.3 is 0 Å². The lowest BCUT2D eigenvalue weighted by Crippen LogP contribution is -2.29. The number of H-pyrrole nitrogens is 1. The number of methoxy groups -OCH3 is 1. The van der Waals surface area contributed by atoms with Crippen molar-refractivity contribution in [2.24, 2.45) is 0 Å². The zero-order chi connectivity index (χ0) is 13.1. The minimum Gasteiger partial charge on any atom is -0.497 e. The molecular formula is C12H11BrN2O3. The van der Waals surface area contributed by atoms with Crippen LogP contribution < -0.4 is 15.9 Å². The van der Waals surface area contributed by atoms with E-state index in [9.17, 15) is 9.59 Å². The van der Waals surface area contributed by atoms with Crippen LogP contribution in [0.5, 0.6) is 5.75 Å². The number of aromatic amines is 1. The number of benzene rings is 1. The summed E-state index contributed by atoms with van der Waals surface area (Å²) in [5.41, 5.74) is 0.298. The van der Waals surface area contributed by atoms with Crippen LogP contribution in [0.4, 0.5) is 0 Å². The number of nitrogens with one attached hydrogen (secondary N) is 1. The van der Waals surface area contributed by atoms with Crippen LogP contribution in [0.15, 0.2) is 44.4 Å². The molecule has 0 atom stereocenters. The molecule has 0 radical (unpaired) electrons. The van der Waals surface area contributed by atoms with Gasteiger partial charge in [-0.05, 0) is 33.6 Å². The van der Waals surface area contributed by atoms with Gasteiger partial charge in [0.2, 0.25) is 0 Å². The van der Waals surface area contributed by atoms with E-state index in [1.807, 2.05) is 12.1 Å². The Morgan fingerprint density at radius 3 is 2.56 bits per heavy atom. The van der Waals surface area contributed by atoms with Crippen molar-refractivity contribution in [3.63, 3.8) is 0 Å². The maximum Gasteiger partial charge on any atom is 0.279 e. The summed E-state index contributed by atoms with van der Waals surface area (Å²) >= 11 is 3.06. The summed E-state index contributed by atoms with van der Waals surface area (Å²) in [4.78, 5) is 23.1. The lowest BCUT2D eigenvalue weighted by molar-refractivity contribution is 0.414. The predicted molar refractivity (Wildman–Crippen MR) is 71.1 cm³/mol. The largest absolute Gasteiger partial charge is 0.497 e. The molecule has 1 heterocycles. The molecule has 1 aromatic carbocycles. The first-order valence-electron chi connectivity index (χ1n) is 5.23. The van der Waals surface area contributed by atoms with Crippen molar-refractivity contribution >= 4 is 15.9 Å². The van der Waals surface area contributed by atoms with Gasteiger partial charge in [0.25, 0.3) is 11.1 Å². The van der Waals surface area contributed by atoms with Gasteiger partial charge < -0.3 is 4.74 Å². The van der Waals surface area contributed by atoms with Gasteiger partial charge in [-0.2, -0.15) is 0 Å². The molecule has 0 aliphatic rings. The second-order valence-electron chi connectivity index (χ2n) is 3.71. The Kier molecular flexibility index (Phi) is 3.66. The van der Waals surface area contributed by atoms with Crippen molar-refractivity contribution in [2.75, 3.05) is 7.11 Å². The number of hydrogen-bond donors (Lipinski definition) is 1. The average Bonchev–Trinajstić information content (AvgIpc) is 2.36. The molecule has 0 spiro atoms. The summed E-state index contributed by atoms with van der Waals surface area (Å²) in [5.74, 6) is 0.744. The van der Waals surface area contributed by atoms with Crippen LogP contribution in [0.25, 0.3) is 0 Å². The quantitative estimate of drug-likeness (QED) is 0.931. The van der Waals surface area contributed by atoms with Crippen LogP contribution in [0.3, 0.4) is 0 Å². The lowest BCUT2D eigenvalue weighted by Gasteiger charge is -2.06. The highest BCUT2D eigenvalue weighted by Crippen LogP contribution is 2.11. The molecule has 0 aliphatic heterocycles. The van der Waals surface area contributed by atoms with Gasteiger partial charge in [-0.25, -0.2) is 4.68 Å². The molecule has 0 fully saturated rings. The van der Waals surface area contributed by atoms with Crippen molar-refractivity contribution in [1.82, 2.24) is 9.78 Å². The van der Waals surface area contributed by atoms with Gasteiger partial charge in [-0.3, -0.25) is 14.7 Å². The number of nitrogens with zero attached hydrogens (tertiary/aromatic N) is 1. The molecule has 0 saturated heterocycles. The highest BCUT2D eigenvalue weighted by Gasteiger charge is 2.04. The third-order valence-electron chi connectivity index (χ3n) is 2.45. The highest BCUT2D eigenvalue weighted by atomic mass is 79.9. The zero-order valence-corrected chi connectivity index (χ0v) is 11.2. The number of ether oxygens (including phenoxy) is 1. The van der Waals surface area contributed by atoms with Crippen molar-refractivity contribution in [2.45, 2.75) is 6.54 Å². The van der Waals surface area contributed by atoms with E-state index >= 15 is 0 Å². The second kappa shape index (κ2) is 5.22. The summed E-state index contributed by atoms with van der Waals surface area (Å²) in [7, 11) is 1.59. The minimum atomic E-state index is -0.324.